The van der Waals surface area contributed by atoms with Crippen LogP contribution in [-0.2, 0) is 0 Å². The molecule has 0 aliphatic heterocycles. The molecule has 0 spiro atoms. The summed E-state index contributed by atoms with van der Waals surface area (Å²) in [6.07, 6.45) is 1.43. The highest BCUT2D eigenvalue weighted by Crippen LogP contribution is 2.16. The van der Waals surface area contributed by atoms with Gasteiger partial charge in [0.05, 0.1) is 11.9 Å². The van der Waals surface area contributed by atoms with E-state index in [-0.39, 0.29) is 11.4 Å². The Balaban J connectivity index is 2.54. The van der Waals surface area contributed by atoms with Crippen molar-refractivity contribution in [1.29, 1.82) is 5.26 Å². The van der Waals surface area contributed by atoms with Gasteiger partial charge in [0.2, 0.25) is 0 Å². The highest BCUT2D eigenvalue weighted by Gasteiger charge is 2.12. The number of aromatic nitrogens is 2. The Morgan fingerprint density at radius 2 is 2.00 bits per heavy atom. The molecule has 0 bridgehead atoms. The van der Waals surface area contributed by atoms with Crippen LogP contribution in [0.1, 0.15) is 16.2 Å². The highest BCUT2D eigenvalue weighted by molar-refractivity contribution is 5.92. The lowest BCUT2D eigenvalue weighted by Crippen LogP contribution is -2.16. The number of hydrogen-bond acceptors (Lipinski definition) is 4. The van der Waals surface area contributed by atoms with E-state index in [9.17, 15) is 4.79 Å². The minimum absolute atomic E-state index is 0.0566. The van der Waals surface area contributed by atoms with Crippen molar-refractivity contribution in [2.45, 2.75) is 0 Å². The number of benzene rings is 1. The van der Waals surface area contributed by atoms with Gasteiger partial charge in [0.15, 0.2) is 11.4 Å². The van der Waals surface area contributed by atoms with E-state index in [1.165, 1.54) is 6.20 Å². The number of carbonyl (C=O) groups excluding carboxylic acids is 1. The van der Waals surface area contributed by atoms with Gasteiger partial charge in [0.1, 0.15) is 6.07 Å². The van der Waals surface area contributed by atoms with Crippen molar-refractivity contribution in [3.8, 4) is 17.3 Å². The van der Waals surface area contributed by atoms with Gasteiger partial charge < -0.3 is 5.73 Å². The monoisotopic (exact) mass is 224 g/mol. The largest absolute Gasteiger partial charge is 0.364 e. The maximum Gasteiger partial charge on any atom is 0.270 e. The second-order valence-corrected chi connectivity index (χ2v) is 3.29. The Morgan fingerprint density at radius 3 is 2.59 bits per heavy atom. The molecule has 0 saturated heterocycles. The molecule has 0 atom stereocenters. The molecule has 5 heteroatoms. The first-order valence-corrected chi connectivity index (χ1v) is 4.84. The summed E-state index contributed by atoms with van der Waals surface area (Å²) >= 11 is 0. The fourth-order valence-electron chi connectivity index (χ4n) is 1.40. The molecule has 0 radical (unpaired) electrons. The molecule has 82 valence electrons. The molecule has 0 aliphatic rings. The maximum absolute atomic E-state index is 11.0. The van der Waals surface area contributed by atoms with Gasteiger partial charge >= 0.3 is 0 Å². The van der Waals surface area contributed by atoms with Gasteiger partial charge in [-0.15, -0.1) is 0 Å². The molecule has 0 unspecified atom stereocenters. The van der Waals surface area contributed by atoms with Crippen molar-refractivity contribution in [3.63, 3.8) is 0 Å². The smallest absolute Gasteiger partial charge is 0.270 e. The second kappa shape index (κ2) is 4.41. The predicted molar refractivity (Wildman–Crippen MR) is 60.7 cm³/mol. The molecular weight excluding hydrogens is 216 g/mol. The Kier molecular flexibility index (Phi) is 2.79. The van der Waals surface area contributed by atoms with Gasteiger partial charge in [-0.2, -0.15) is 5.26 Å². The van der Waals surface area contributed by atoms with Gasteiger partial charge in [-0.3, -0.25) is 4.79 Å². The predicted octanol–water partition coefficient (Wildman–Crippen LogP) is 1.11. The van der Waals surface area contributed by atoms with Crippen molar-refractivity contribution in [1.82, 2.24) is 9.97 Å². The zero-order valence-corrected chi connectivity index (χ0v) is 8.79. The topological polar surface area (TPSA) is 92.7 Å². The van der Waals surface area contributed by atoms with E-state index in [0.717, 1.165) is 5.56 Å². The minimum atomic E-state index is -0.756. The van der Waals surface area contributed by atoms with Crippen LogP contribution < -0.4 is 5.73 Å². The lowest BCUT2D eigenvalue weighted by Gasteiger charge is -2.02. The first-order valence-electron chi connectivity index (χ1n) is 4.84. The second-order valence-electron chi connectivity index (χ2n) is 3.29. The van der Waals surface area contributed by atoms with Crippen molar-refractivity contribution in [2.24, 2.45) is 5.73 Å². The van der Waals surface area contributed by atoms with Crippen molar-refractivity contribution in [2.75, 3.05) is 0 Å². The van der Waals surface area contributed by atoms with Gasteiger partial charge in [-0.25, -0.2) is 9.97 Å². The van der Waals surface area contributed by atoms with Crippen LogP contribution in [0.25, 0.3) is 11.3 Å². The Bertz CT molecular complexity index is 602. The molecule has 1 aromatic carbocycles. The Hall–Kier alpha value is -2.74. The molecule has 0 fully saturated rings. The van der Waals surface area contributed by atoms with Crippen LogP contribution in [0.2, 0.25) is 0 Å². The van der Waals surface area contributed by atoms with Gasteiger partial charge in [0.25, 0.3) is 5.91 Å². The lowest BCUT2D eigenvalue weighted by atomic mass is 10.1. The van der Waals surface area contributed by atoms with Crippen LogP contribution in [0.4, 0.5) is 0 Å². The SMILES string of the molecule is N#Cc1nc(-c2ccccc2)cnc1C(N)=O. The van der Waals surface area contributed by atoms with Crippen LogP contribution in [0.15, 0.2) is 36.5 Å². The van der Waals surface area contributed by atoms with Crippen LogP contribution in [0, 0.1) is 11.3 Å². The first-order chi connectivity index (χ1) is 8.22. The number of hydrogen-bond donors (Lipinski definition) is 1. The van der Waals surface area contributed by atoms with E-state index in [0.29, 0.717) is 5.69 Å². The molecule has 17 heavy (non-hydrogen) atoms. The number of amides is 1. The fraction of sp³-hybridized carbons (Fsp3) is 0. The first kappa shape index (κ1) is 10.8. The minimum Gasteiger partial charge on any atom is -0.364 e. The van der Waals surface area contributed by atoms with E-state index in [1.54, 1.807) is 0 Å². The third kappa shape index (κ3) is 2.11. The average Bonchev–Trinajstić information content (AvgIpc) is 2.39. The number of nitriles is 1. The van der Waals surface area contributed by atoms with E-state index in [4.69, 9.17) is 11.0 Å². The molecule has 1 amide bonds. The average molecular weight is 224 g/mol. The van der Waals surface area contributed by atoms with Crippen molar-refractivity contribution >= 4 is 5.91 Å². The highest BCUT2D eigenvalue weighted by atomic mass is 16.1. The summed E-state index contributed by atoms with van der Waals surface area (Å²) in [6, 6.07) is 11.1. The fourth-order valence-corrected chi connectivity index (χ4v) is 1.40. The zero-order valence-electron chi connectivity index (χ0n) is 8.79. The Labute approximate surface area is 97.6 Å². The normalized spacial score (nSPS) is 9.59. The van der Waals surface area contributed by atoms with Gasteiger partial charge in [-0.1, -0.05) is 30.3 Å². The van der Waals surface area contributed by atoms with E-state index < -0.39 is 5.91 Å². The number of carbonyl (C=O) groups is 1. The van der Waals surface area contributed by atoms with Crippen LogP contribution in [0.5, 0.6) is 0 Å². The van der Waals surface area contributed by atoms with Crippen LogP contribution in [-0.4, -0.2) is 15.9 Å². The number of rotatable bonds is 2. The van der Waals surface area contributed by atoms with Gasteiger partial charge in [0, 0.05) is 5.56 Å². The van der Waals surface area contributed by atoms with E-state index in [2.05, 4.69) is 9.97 Å². The summed E-state index contributed by atoms with van der Waals surface area (Å²) in [5, 5.41) is 8.88. The molecule has 0 aliphatic carbocycles. The molecule has 0 saturated carbocycles. The van der Waals surface area contributed by atoms with Crippen LogP contribution in [0.3, 0.4) is 0 Å². The summed E-state index contributed by atoms with van der Waals surface area (Å²) in [4.78, 5) is 18.9. The molecule has 5 nitrogen and oxygen atoms in total. The molecule has 2 N–H and O–H groups in total. The third-order valence-corrected chi connectivity index (χ3v) is 2.18. The third-order valence-electron chi connectivity index (χ3n) is 2.18. The number of nitrogens with zero attached hydrogens (tertiary/aromatic N) is 3. The molecule has 2 aromatic rings. The van der Waals surface area contributed by atoms with Gasteiger partial charge in [-0.05, 0) is 0 Å². The summed E-state index contributed by atoms with van der Waals surface area (Å²) in [6.45, 7) is 0. The molecular formula is C12H8N4O. The summed E-state index contributed by atoms with van der Waals surface area (Å²) in [7, 11) is 0. The van der Waals surface area contributed by atoms with E-state index in [1.807, 2.05) is 36.4 Å². The summed E-state index contributed by atoms with van der Waals surface area (Å²) in [5.41, 5.74) is 6.29. The summed E-state index contributed by atoms with van der Waals surface area (Å²) < 4.78 is 0. The number of nitrogens with two attached hydrogens (primary N) is 1. The molecule has 1 aromatic heterocycles. The summed E-state index contributed by atoms with van der Waals surface area (Å²) in [5.74, 6) is -0.756. The van der Waals surface area contributed by atoms with Crippen molar-refractivity contribution < 1.29 is 4.79 Å². The zero-order chi connectivity index (χ0) is 12.3. The maximum atomic E-state index is 11.0. The number of primary amides is 1. The standard InChI is InChI=1S/C12H8N4O/c13-6-9-11(12(14)17)15-7-10(16-9)8-4-2-1-3-5-8/h1-5,7H,(H2,14,17). The Morgan fingerprint density at radius 1 is 1.29 bits per heavy atom. The quantitative estimate of drug-likeness (QED) is 0.826. The van der Waals surface area contributed by atoms with E-state index >= 15 is 0 Å². The molecule has 2 rings (SSSR count). The lowest BCUT2D eigenvalue weighted by molar-refractivity contribution is 0.0995. The van der Waals surface area contributed by atoms with Crippen molar-refractivity contribution in [3.05, 3.63) is 47.9 Å². The van der Waals surface area contributed by atoms with Crippen LogP contribution >= 0.6 is 0 Å². The molecule has 1 heterocycles.